The Hall–Kier alpha value is -2.87. The predicted octanol–water partition coefficient (Wildman–Crippen LogP) is 4.68. The fourth-order valence-electron chi connectivity index (χ4n) is 3.63. The Labute approximate surface area is 186 Å². The van der Waals surface area contributed by atoms with Crippen molar-refractivity contribution in [1.82, 2.24) is 4.90 Å². The van der Waals surface area contributed by atoms with Gasteiger partial charge in [-0.25, -0.2) is 0 Å². The van der Waals surface area contributed by atoms with Gasteiger partial charge in [-0.3, -0.25) is 9.59 Å². The molecule has 8 heteroatoms. The van der Waals surface area contributed by atoms with E-state index in [0.717, 1.165) is 36.3 Å². The van der Waals surface area contributed by atoms with Crippen LogP contribution in [0.25, 0.3) is 0 Å². The molecule has 172 valence electrons. The van der Waals surface area contributed by atoms with E-state index < -0.39 is 17.6 Å². The van der Waals surface area contributed by atoms with Crippen LogP contribution in [0.3, 0.4) is 0 Å². The predicted molar refractivity (Wildman–Crippen MR) is 119 cm³/mol. The summed E-state index contributed by atoms with van der Waals surface area (Å²) in [6.07, 6.45) is -4.64. The third-order valence-electron chi connectivity index (χ3n) is 5.85. The largest absolute Gasteiger partial charge is 0.416 e. The van der Waals surface area contributed by atoms with Gasteiger partial charge in [0.2, 0.25) is 5.91 Å². The van der Waals surface area contributed by atoms with E-state index in [0.29, 0.717) is 24.3 Å². The van der Waals surface area contributed by atoms with Crippen LogP contribution in [0.5, 0.6) is 0 Å². The molecule has 3 rings (SSSR count). The average Bonchev–Trinajstić information content (AvgIpc) is 2.74. The molecule has 0 unspecified atom stereocenters. The minimum atomic E-state index is -4.51. The summed E-state index contributed by atoms with van der Waals surface area (Å²) in [6.45, 7) is 6.71. The van der Waals surface area contributed by atoms with E-state index >= 15 is 0 Å². The number of nitrogens with one attached hydrogen (secondary N) is 1. The van der Waals surface area contributed by atoms with Gasteiger partial charge in [0, 0.05) is 44.6 Å². The molecule has 0 aliphatic carbocycles. The second-order valence-electron chi connectivity index (χ2n) is 8.29. The fraction of sp³-hybridized carbons (Fsp3) is 0.417. The molecule has 2 aromatic carbocycles. The number of halogens is 3. The quantitative estimate of drug-likeness (QED) is 0.654. The molecule has 0 saturated carbocycles. The van der Waals surface area contributed by atoms with Crippen molar-refractivity contribution >= 4 is 23.1 Å². The minimum absolute atomic E-state index is 0.0167. The molecule has 1 saturated heterocycles. The number of alkyl halides is 3. The van der Waals surface area contributed by atoms with Crippen molar-refractivity contribution in [2.45, 2.75) is 32.9 Å². The van der Waals surface area contributed by atoms with Gasteiger partial charge in [-0.05, 0) is 56.3 Å². The molecule has 32 heavy (non-hydrogen) atoms. The lowest BCUT2D eigenvalue weighted by molar-refractivity contribution is -0.137. The van der Waals surface area contributed by atoms with Crippen molar-refractivity contribution in [3.63, 3.8) is 0 Å². The van der Waals surface area contributed by atoms with Gasteiger partial charge < -0.3 is 15.1 Å². The molecule has 0 bridgehead atoms. The van der Waals surface area contributed by atoms with Gasteiger partial charge in [-0.2, -0.15) is 13.2 Å². The summed E-state index contributed by atoms with van der Waals surface area (Å²) in [5.41, 5.74) is 2.43. The number of rotatable bonds is 6. The van der Waals surface area contributed by atoms with Gasteiger partial charge in [0.15, 0.2) is 5.78 Å². The highest BCUT2D eigenvalue weighted by atomic mass is 19.4. The Bertz CT molecular complexity index is 996. The van der Waals surface area contributed by atoms with E-state index in [1.54, 1.807) is 12.1 Å². The Kier molecular flexibility index (Phi) is 7.23. The first-order valence-electron chi connectivity index (χ1n) is 10.6. The molecule has 1 N–H and O–H groups in total. The van der Waals surface area contributed by atoms with Crippen LogP contribution < -0.4 is 10.2 Å². The molecule has 0 radical (unpaired) electrons. The minimum Gasteiger partial charge on any atom is -0.367 e. The molecule has 2 aromatic rings. The summed E-state index contributed by atoms with van der Waals surface area (Å²) in [5.74, 6) is -0.663. The Morgan fingerprint density at radius 2 is 1.62 bits per heavy atom. The van der Waals surface area contributed by atoms with Gasteiger partial charge in [0.25, 0.3) is 0 Å². The maximum atomic E-state index is 13.3. The first-order chi connectivity index (χ1) is 15.0. The zero-order valence-electron chi connectivity index (χ0n) is 18.6. The number of carbonyl (C=O) groups excluding carboxylic acids is 2. The number of hydrogen-bond donors (Lipinski definition) is 1. The van der Waals surface area contributed by atoms with E-state index in [9.17, 15) is 22.8 Å². The Balaban J connectivity index is 1.72. The number of aryl methyl sites for hydroxylation is 2. The van der Waals surface area contributed by atoms with Crippen molar-refractivity contribution in [2.75, 3.05) is 43.4 Å². The number of amides is 1. The molecule has 0 atom stereocenters. The summed E-state index contributed by atoms with van der Waals surface area (Å²) in [6, 6.07) is 8.77. The van der Waals surface area contributed by atoms with Gasteiger partial charge in [-0.1, -0.05) is 12.1 Å². The highest BCUT2D eigenvalue weighted by molar-refractivity contribution is 6.01. The first-order valence-corrected chi connectivity index (χ1v) is 10.6. The van der Waals surface area contributed by atoms with Gasteiger partial charge in [-0.15, -0.1) is 0 Å². The molecule has 0 spiro atoms. The van der Waals surface area contributed by atoms with E-state index in [4.69, 9.17) is 0 Å². The van der Waals surface area contributed by atoms with Crippen LogP contribution in [0.15, 0.2) is 36.4 Å². The molecule has 5 nitrogen and oxygen atoms in total. The van der Waals surface area contributed by atoms with Gasteiger partial charge in [0.05, 0.1) is 16.9 Å². The number of anilines is 2. The number of piperazine rings is 1. The van der Waals surface area contributed by atoms with Crippen LogP contribution in [0, 0.1) is 13.8 Å². The van der Waals surface area contributed by atoms with Crippen molar-refractivity contribution in [3.8, 4) is 0 Å². The summed E-state index contributed by atoms with van der Waals surface area (Å²) < 4.78 is 39.8. The number of carbonyl (C=O) groups is 2. The van der Waals surface area contributed by atoms with Crippen molar-refractivity contribution in [3.05, 3.63) is 58.7 Å². The molecule has 1 heterocycles. The lowest BCUT2D eigenvalue weighted by atomic mass is 10.0. The lowest BCUT2D eigenvalue weighted by Crippen LogP contribution is -2.44. The normalized spacial score (nSPS) is 15.0. The van der Waals surface area contributed by atoms with E-state index in [1.165, 1.54) is 6.07 Å². The van der Waals surface area contributed by atoms with E-state index in [-0.39, 0.29) is 24.3 Å². The zero-order chi connectivity index (χ0) is 23.5. The summed E-state index contributed by atoms with van der Waals surface area (Å²) in [7, 11) is 1.99. The van der Waals surface area contributed by atoms with Crippen molar-refractivity contribution in [2.24, 2.45) is 0 Å². The second kappa shape index (κ2) is 9.73. The van der Waals surface area contributed by atoms with Crippen LogP contribution in [-0.2, 0) is 11.0 Å². The molecule has 0 aromatic heterocycles. The molecular weight excluding hydrogens is 419 g/mol. The van der Waals surface area contributed by atoms with Crippen LogP contribution in [0.1, 0.15) is 39.9 Å². The molecule has 1 aliphatic rings. The lowest BCUT2D eigenvalue weighted by Gasteiger charge is -2.35. The van der Waals surface area contributed by atoms with Crippen molar-refractivity contribution in [1.29, 1.82) is 0 Å². The summed E-state index contributed by atoms with van der Waals surface area (Å²) in [5, 5.41) is 2.61. The summed E-state index contributed by atoms with van der Waals surface area (Å²) in [4.78, 5) is 29.1. The average molecular weight is 448 g/mol. The molecule has 1 fully saturated rings. The number of Topliss-reactive ketones (excluding diaryl/α,β-unsaturated/α-hetero) is 1. The molecule has 1 amide bonds. The smallest absolute Gasteiger partial charge is 0.367 e. The highest BCUT2D eigenvalue weighted by Gasteiger charge is 2.32. The van der Waals surface area contributed by atoms with Crippen LogP contribution in [-0.4, -0.2) is 49.8 Å². The molecule has 1 aliphatic heterocycles. The molecular formula is C24H28F3N3O2. The number of likely N-dealkylation sites (N-methyl/N-ethyl adjacent to an activating group) is 1. The topological polar surface area (TPSA) is 52.7 Å². The van der Waals surface area contributed by atoms with Crippen LogP contribution in [0.4, 0.5) is 24.5 Å². The van der Waals surface area contributed by atoms with Crippen LogP contribution >= 0.6 is 0 Å². The third-order valence-corrected chi connectivity index (χ3v) is 5.85. The Morgan fingerprint density at radius 1 is 0.938 bits per heavy atom. The summed E-state index contributed by atoms with van der Waals surface area (Å²) >= 11 is 0. The maximum Gasteiger partial charge on any atom is 0.416 e. The SMILES string of the molecule is Cc1ccc(C(=O)CCC(=O)Nc2cc(C(F)(F)F)ccc2N2CCN(C)CC2)cc1C. The Morgan fingerprint density at radius 3 is 2.25 bits per heavy atom. The number of benzene rings is 2. The standard InChI is InChI=1S/C24H28F3N3O2/c1-16-4-5-18(14-17(16)2)22(31)8-9-23(32)28-20-15-19(24(25,26)27)6-7-21(20)30-12-10-29(3)11-13-30/h4-7,14-15H,8-13H2,1-3H3,(H,28,32). The van der Waals surface area contributed by atoms with Crippen LogP contribution in [0.2, 0.25) is 0 Å². The fourth-order valence-corrected chi connectivity index (χ4v) is 3.63. The van der Waals surface area contributed by atoms with E-state index in [1.807, 2.05) is 31.9 Å². The van der Waals surface area contributed by atoms with E-state index in [2.05, 4.69) is 10.2 Å². The van der Waals surface area contributed by atoms with Gasteiger partial charge in [0.1, 0.15) is 0 Å². The monoisotopic (exact) mass is 447 g/mol. The van der Waals surface area contributed by atoms with Gasteiger partial charge >= 0.3 is 6.18 Å². The second-order valence-corrected chi connectivity index (χ2v) is 8.29. The van der Waals surface area contributed by atoms with Crippen molar-refractivity contribution < 1.29 is 22.8 Å². The number of nitrogens with zero attached hydrogens (tertiary/aromatic N) is 2. The number of ketones is 1. The maximum absolute atomic E-state index is 13.3. The zero-order valence-corrected chi connectivity index (χ0v) is 18.6. The number of hydrogen-bond acceptors (Lipinski definition) is 4. The third kappa shape index (κ3) is 5.88. The highest BCUT2D eigenvalue weighted by Crippen LogP contribution is 2.36. The first kappa shape index (κ1) is 23.8.